The topological polar surface area (TPSA) is 39.2 Å². The Kier molecular flexibility index (Phi) is 5.67. The highest BCUT2D eigenvalue weighted by Gasteiger charge is 2.41. The molecule has 0 aliphatic carbocycles. The lowest BCUT2D eigenvalue weighted by Crippen LogP contribution is -2.53. The lowest BCUT2D eigenvalue weighted by Gasteiger charge is -2.42. The maximum atomic E-state index is 13.9. The normalized spacial score (nSPS) is 18.9. The van der Waals surface area contributed by atoms with Crippen LogP contribution in [0.1, 0.15) is 28.7 Å². The molecule has 5 rings (SSSR count). The number of halogens is 4. The first-order valence-electron chi connectivity index (χ1n) is 11.2. The molecule has 178 valence electrons. The molecule has 9 heteroatoms. The predicted octanol–water partition coefficient (Wildman–Crippen LogP) is 4.33. The number of rotatable bonds is 4. The standard InChI is InChI=1S/C25H24F4N4O/c1-16-4-2-3-5-18(16)14-33-23(34)21-15-31(8-6-22(21)32-9-7-30-24(32)33)13-17-10-19(25(27,28)29)12-20(26)11-17/h2-5,10-12H,6-9,13-15H2,1H3. The van der Waals surface area contributed by atoms with Gasteiger partial charge in [-0.25, -0.2) is 4.39 Å². The van der Waals surface area contributed by atoms with E-state index < -0.39 is 17.6 Å². The second-order valence-electron chi connectivity index (χ2n) is 8.88. The number of carbonyl (C=O) groups excluding carboxylic acids is 1. The van der Waals surface area contributed by atoms with Gasteiger partial charge in [0.25, 0.3) is 5.91 Å². The number of hydrogen-bond acceptors (Lipinski definition) is 4. The fraction of sp³-hybridized carbons (Fsp3) is 0.360. The van der Waals surface area contributed by atoms with Crippen molar-refractivity contribution >= 4 is 11.9 Å². The Morgan fingerprint density at radius 3 is 2.62 bits per heavy atom. The predicted molar refractivity (Wildman–Crippen MR) is 119 cm³/mol. The number of hydrogen-bond donors (Lipinski definition) is 0. The highest BCUT2D eigenvalue weighted by atomic mass is 19.4. The van der Waals surface area contributed by atoms with Crippen molar-refractivity contribution < 1.29 is 22.4 Å². The molecular formula is C25H24F4N4O. The summed E-state index contributed by atoms with van der Waals surface area (Å²) >= 11 is 0. The summed E-state index contributed by atoms with van der Waals surface area (Å²) in [5, 5.41) is 0. The van der Waals surface area contributed by atoms with Gasteiger partial charge < -0.3 is 4.90 Å². The molecule has 1 amide bonds. The number of nitrogens with zero attached hydrogens (tertiary/aromatic N) is 4. The van der Waals surface area contributed by atoms with E-state index in [9.17, 15) is 22.4 Å². The lowest BCUT2D eigenvalue weighted by atomic mass is 9.99. The van der Waals surface area contributed by atoms with Crippen molar-refractivity contribution in [3.05, 3.63) is 81.8 Å². The van der Waals surface area contributed by atoms with Crippen molar-refractivity contribution in [1.29, 1.82) is 0 Å². The molecule has 0 fully saturated rings. The van der Waals surface area contributed by atoms with E-state index in [4.69, 9.17) is 0 Å². The van der Waals surface area contributed by atoms with Gasteiger partial charge >= 0.3 is 6.18 Å². The van der Waals surface area contributed by atoms with Crippen LogP contribution in [0.4, 0.5) is 17.6 Å². The summed E-state index contributed by atoms with van der Waals surface area (Å²) in [4.78, 5) is 23.9. The largest absolute Gasteiger partial charge is 0.416 e. The van der Waals surface area contributed by atoms with E-state index in [1.54, 1.807) is 4.90 Å². The molecule has 3 heterocycles. The molecule has 2 aromatic carbocycles. The second-order valence-corrected chi connectivity index (χ2v) is 8.88. The zero-order valence-electron chi connectivity index (χ0n) is 18.7. The van der Waals surface area contributed by atoms with Crippen LogP contribution in [0.3, 0.4) is 0 Å². The number of amides is 1. The zero-order chi connectivity index (χ0) is 24.0. The van der Waals surface area contributed by atoms with E-state index in [1.165, 1.54) is 0 Å². The zero-order valence-corrected chi connectivity index (χ0v) is 18.7. The molecular weight excluding hydrogens is 448 g/mol. The number of carbonyl (C=O) groups is 1. The van der Waals surface area contributed by atoms with Gasteiger partial charge in [0, 0.05) is 38.3 Å². The van der Waals surface area contributed by atoms with Crippen LogP contribution in [0.15, 0.2) is 58.7 Å². The van der Waals surface area contributed by atoms with E-state index in [-0.39, 0.29) is 18.0 Å². The number of benzene rings is 2. The van der Waals surface area contributed by atoms with E-state index in [2.05, 4.69) is 9.89 Å². The summed E-state index contributed by atoms with van der Waals surface area (Å²) in [6.07, 6.45) is -4.03. The summed E-state index contributed by atoms with van der Waals surface area (Å²) < 4.78 is 53.2. The Bertz CT molecular complexity index is 1200. The Balaban J connectivity index is 1.40. The highest BCUT2D eigenvalue weighted by Crippen LogP contribution is 2.34. The molecule has 5 nitrogen and oxygen atoms in total. The number of fused-ring (bicyclic) bond motifs is 2. The van der Waals surface area contributed by atoms with Crippen LogP contribution < -0.4 is 0 Å². The maximum absolute atomic E-state index is 13.9. The van der Waals surface area contributed by atoms with Gasteiger partial charge in [0.05, 0.1) is 24.2 Å². The molecule has 0 bridgehead atoms. The van der Waals surface area contributed by atoms with Crippen molar-refractivity contribution in [3.8, 4) is 0 Å². The number of aliphatic imine (C=N–C) groups is 1. The minimum atomic E-state index is -4.62. The molecule has 3 aliphatic heterocycles. The van der Waals surface area contributed by atoms with E-state index >= 15 is 0 Å². The molecule has 0 saturated heterocycles. The smallest absolute Gasteiger partial charge is 0.314 e. The minimum absolute atomic E-state index is 0.129. The van der Waals surface area contributed by atoms with Crippen LogP contribution in [0, 0.1) is 12.7 Å². The first-order chi connectivity index (χ1) is 16.2. The second kappa shape index (κ2) is 8.54. The molecule has 34 heavy (non-hydrogen) atoms. The third-order valence-electron chi connectivity index (χ3n) is 6.56. The van der Waals surface area contributed by atoms with Crippen LogP contribution in [0.25, 0.3) is 0 Å². The Hall–Kier alpha value is -3.20. The summed E-state index contributed by atoms with van der Waals surface area (Å²) in [5.74, 6) is -0.381. The van der Waals surface area contributed by atoms with Crippen molar-refractivity contribution in [3.63, 3.8) is 0 Å². The molecule has 0 unspecified atom stereocenters. The average molecular weight is 472 g/mol. The molecule has 0 atom stereocenters. The first-order valence-corrected chi connectivity index (χ1v) is 11.2. The van der Waals surface area contributed by atoms with Crippen molar-refractivity contribution in [1.82, 2.24) is 14.7 Å². The van der Waals surface area contributed by atoms with Crippen molar-refractivity contribution in [2.45, 2.75) is 32.6 Å². The monoisotopic (exact) mass is 472 g/mol. The van der Waals surface area contributed by atoms with Gasteiger partial charge in [-0.05, 0) is 41.8 Å². The maximum Gasteiger partial charge on any atom is 0.416 e. The van der Waals surface area contributed by atoms with Gasteiger partial charge in [-0.2, -0.15) is 13.2 Å². The van der Waals surface area contributed by atoms with Crippen molar-refractivity contribution in [2.24, 2.45) is 4.99 Å². The van der Waals surface area contributed by atoms with Gasteiger partial charge in [0.15, 0.2) is 0 Å². The molecule has 0 N–H and O–H groups in total. The van der Waals surface area contributed by atoms with Crippen molar-refractivity contribution in [2.75, 3.05) is 26.2 Å². The molecule has 3 aliphatic rings. The van der Waals surface area contributed by atoms with Gasteiger partial charge in [-0.15, -0.1) is 0 Å². The molecule has 0 saturated carbocycles. The third-order valence-corrected chi connectivity index (χ3v) is 6.56. The third kappa shape index (κ3) is 4.20. The van der Waals surface area contributed by atoms with E-state index in [0.717, 1.165) is 29.0 Å². The van der Waals surface area contributed by atoms with Crippen LogP contribution in [0.2, 0.25) is 0 Å². The minimum Gasteiger partial charge on any atom is -0.314 e. The van der Waals surface area contributed by atoms with E-state index in [1.807, 2.05) is 36.1 Å². The van der Waals surface area contributed by atoms with E-state index in [0.29, 0.717) is 56.7 Å². The number of guanidine groups is 1. The van der Waals surface area contributed by atoms with Gasteiger partial charge in [0.2, 0.25) is 5.96 Å². The van der Waals surface area contributed by atoms with Gasteiger partial charge in [0.1, 0.15) is 5.82 Å². The molecule has 2 aromatic rings. The van der Waals surface area contributed by atoms with Crippen LogP contribution in [-0.2, 0) is 24.1 Å². The van der Waals surface area contributed by atoms with Crippen LogP contribution in [-0.4, -0.2) is 52.7 Å². The first kappa shape index (κ1) is 22.6. The highest BCUT2D eigenvalue weighted by molar-refractivity contribution is 6.09. The van der Waals surface area contributed by atoms with Crippen LogP contribution >= 0.6 is 0 Å². The summed E-state index contributed by atoms with van der Waals surface area (Å²) in [7, 11) is 0. The quantitative estimate of drug-likeness (QED) is 0.622. The molecule has 0 aromatic heterocycles. The molecule has 0 radical (unpaired) electrons. The Morgan fingerprint density at radius 1 is 1.06 bits per heavy atom. The fourth-order valence-electron chi connectivity index (χ4n) is 4.87. The Labute approximate surface area is 195 Å². The summed E-state index contributed by atoms with van der Waals surface area (Å²) in [6, 6.07) is 10.5. The number of alkyl halides is 3. The fourth-order valence-corrected chi connectivity index (χ4v) is 4.87. The average Bonchev–Trinajstić information content (AvgIpc) is 3.27. The summed E-state index contributed by atoms with van der Waals surface area (Å²) in [5.41, 5.74) is 2.91. The Morgan fingerprint density at radius 2 is 1.85 bits per heavy atom. The summed E-state index contributed by atoms with van der Waals surface area (Å²) in [6.45, 7) is 4.69. The van der Waals surface area contributed by atoms with Gasteiger partial charge in [-0.1, -0.05) is 24.3 Å². The van der Waals surface area contributed by atoms with Gasteiger partial charge in [-0.3, -0.25) is 19.6 Å². The molecule has 0 spiro atoms. The SMILES string of the molecule is Cc1ccccc1CN1C(=O)C2=C(CCN(Cc3cc(F)cc(C(F)(F)F)c3)C2)N2CCN=C12. The number of aryl methyl sites for hydroxylation is 1. The lowest BCUT2D eigenvalue weighted by molar-refractivity contribution is -0.137. The van der Waals surface area contributed by atoms with Crippen LogP contribution in [0.5, 0.6) is 0 Å².